The van der Waals surface area contributed by atoms with Crippen LogP contribution in [0.4, 0.5) is 5.69 Å². The predicted octanol–water partition coefficient (Wildman–Crippen LogP) is 2.33. The lowest BCUT2D eigenvalue weighted by atomic mass is 9.80. The second-order valence-electron chi connectivity index (χ2n) is 4.72. The fourth-order valence-electron chi connectivity index (χ4n) is 2.03. The number of benzene rings is 1. The maximum absolute atomic E-state index is 11.9. The molecule has 1 aromatic carbocycles. The van der Waals surface area contributed by atoms with Crippen LogP contribution in [0, 0.1) is 12.8 Å². The van der Waals surface area contributed by atoms with Crippen LogP contribution in [0.1, 0.15) is 18.4 Å². The zero-order valence-corrected chi connectivity index (χ0v) is 11.3. The van der Waals surface area contributed by atoms with Crippen molar-refractivity contribution in [2.24, 2.45) is 11.7 Å². The van der Waals surface area contributed by atoms with Gasteiger partial charge >= 0.3 is 0 Å². The van der Waals surface area contributed by atoms with Crippen molar-refractivity contribution in [2.75, 3.05) is 12.4 Å². The SMILES string of the molecule is COc1cc(C)c(Cl)cc1NC(=O)C1CC(N)C1. The number of nitrogens with one attached hydrogen (secondary N) is 1. The van der Waals surface area contributed by atoms with Crippen LogP contribution >= 0.6 is 11.6 Å². The third kappa shape index (κ3) is 2.60. The summed E-state index contributed by atoms with van der Waals surface area (Å²) >= 11 is 6.05. The van der Waals surface area contributed by atoms with Crippen LogP contribution in [-0.2, 0) is 4.79 Å². The van der Waals surface area contributed by atoms with Gasteiger partial charge in [0.15, 0.2) is 0 Å². The Morgan fingerprint density at radius 1 is 1.50 bits per heavy atom. The summed E-state index contributed by atoms with van der Waals surface area (Å²) in [4.78, 5) is 11.9. The monoisotopic (exact) mass is 268 g/mol. The van der Waals surface area contributed by atoms with Crippen molar-refractivity contribution < 1.29 is 9.53 Å². The van der Waals surface area contributed by atoms with E-state index >= 15 is 0 Å². The third-order valence-corrected chi connectivity index (χ3v) is 3.69. The standard InChI is InChI=1S/C13H17ClN2O2/c1-7-3-12(18-2)11(6-10(7)14)16-13(17)8-4-9(15)5-8/h3,6,8-9H,4-5,15H2,1-2H3,(H,16,17). The van der Waals surface area contributed by atoms with Gasteiger partial charge in [0.05, 0.1) is 12.8 Å². The average molecular weight is 269 g/mol. The van der Waals surface area contributed by atoms with Crippen LogP contribution < -0.4 is 15.8 Å². The largest absolute Gasteiger partial charge is 0.495 e. The first-order valence-corrected chi connectivity index (χ1v) is 6.29. The topological polar surface area (TPSA) is 64.3 Å². The molecule has 0 heterocycles. The molecular weight excluding hydrogens is 252 g/mol. The molecule has 4 nitrogen and oxygen atoms in total. The zero-order valence-electron chi connectivity index (χ0n) is 10.5. The number of hydrogen-bond acceptors (Lipinski definition) is 3. The van der Waals surface area contributed by atoms with Crippen LogP contribution in [0.3, 0.4) is 0 Å². The highest BCUT2D eigenvalue weighted by molar-refractivity contribution is 6.31. The van der Waals surface area contributed by atoms with E-state index in [1.54, 1.807) is 13.2 Å². The van der Waals surface area contributed by atoms with Crippen molar-refractivity contribution in [3.05, 3.63) is 22.7 Å². The van der Waals surface area contributed by atoms with Gasteiger partial charge in [-0.15, -0.1) is 0 Å². The minimum atomic E-state index is -0.0186. The molecule has 0 atom stereocenters. The molecule has 2 rings (SSSR count). The van der Waals surface area contributed by atoms with Gasteiger partial charge in [0.2, 0.25) is 5.91 Å². The first kappa shape index (κ1) is 13.2. The molecule has 1 amide bonds. The van der Waals surface area contributed by atoms with Gasteiger partial charge in [-0.2, -0.15) is 0 Å². The van der Waals surface area contributed by atoms with Crippen molar-refractivity contribution in [3.8, 4) is 5.75 Å². The van der Waals surface area contributed by atoms with E-state index in [-0.39, 0.29) is 17.9 Å². The number of carbonyl (C=O) groups excluding carboxylic acids is 1. The molecule has 0 saturated heterocycles. The molecule has 98 valence electrons. The maximum atomic E-state index is 11.9. The first-order chi connectivity index (χ1) is 8.51. The van der Waals surface area contributed by atoms with Gasteiger partial charge in [-0.25, -0.2) is 0 Å². The molecule has 3 N–H and O–H groups in total. The number of ether oxygens (including phenoxy) is 1. The minimum Gasteiger partial charge on any atom is -0.495 e. The molecule has 1 aliphatic rings. The number of halogens is 1. The van der Waals surface area contributed by atoms with Crippen molar-refractivity contribution in [1.82, 2.24) is 0 Å². The molecule has 1 saturated carbocycles. The van der Waals surface area contributed by atoms with Crippen LogP contribution in [0.15, 0.2) is 12.1 Å². The zero-order chi connectivity index (χ0) is 13.3. The number of methoxy groups -OCH3 is 1. The maximum Gasteiger partial charge on any atom is 0.227 e. The van der Waals surface area contributed by atoms with Crippen molar-refractivity contribution in [3.63, 3.8) is 0 Å². The highest BCUT2D eigenvalue weighted by Gasteiger charge is 2.32. The van der Waals surface area contributed by atoms with Crippen molar-refractivity contribution >= 4 is 23.2 Å². The molecule has 0 bridgehead atoms. The number of anilines is 1. The Kier molecular flexibility index (Phi) is 3.78. The molecule has 0 aromatic heterocycles. The lowest BCUT2D eigenvalue weighted by Gasteiger charge is -2.31. The van der Waals surface area contributed by atoms with Crippen LogP contribution in [0.2, 0.25) is 5.02 Å². The van der Waals surface area contributed by atoms with E-state index in [1.807, 2.05) is 13.0 Å². The van der Waals surface area contributed by atoms with Gasteiger partial charge in [0.25, 0.3) is 0 Å². The number of hydrogen-bond donors (Lipinski definition) is 2. The van der Waals surface area contributed by atoms with E-state index in [2.05, 4.69) is 5.32 Å². The van der Waals surface area contributed by atoms with E-state index in [0.29, 0.717) is 16.5 Å². The fraction of sp³-hybridized carbons (Fsp3) is 0.462. The van der Waals surface area contributed by atoms with Gasteiger partial charge in [-0.3, -0.25) is 4.79 Å². The lowest BCUT2D eigenvalue weighted by Crippen LogP contribution is -2.42. The molecule has 1 fully saturated rings. The molecule has 0 aliphatic heterocycles. The molecule has 0 radical (unpaired) electrons. The summed E-state index contributed by atoms with van der Waals surface area (Å²) in [7, 11) is 1.57. The summed E-state index contributed by atoms with van der Waals surface area (Å²) < 4.78 is 5.24. The highest BCUT2D eigenvalue weighted by atomic mass is 35.5. The molecular formula is C13H17ClN2O2. The Balaban J connectivity index is 2.13. The fourth-order valence-corrected chi connectivity index (χ4v) is 2.20. The Hall–Kier alpha value is -1.26. The highest BCUT2D eigenvalue weighted by Crippen LogP contribution is 2.33. The van der Waals surface area contributed by atoms with E-state index in [4.69, 9.17) is 22.1 Å². The smallest absolute Gasteiger partial charge is 0.227 e. The first-order valence-electron chi connectivity index (χ1n) is 5.92. The Morgan fingerprint density at radius 2 is 2.17 bits per heavy atom. The van der Waals surface area contributed by atoms with Crippen molar-refractivity contribution in [1.29, 1.82) is 0 Å². The predicted molar refractivity (Wildman–Crippen MR) is 72.1 cm³/mol. The van der Waals surface area contributed by atoms with Crippen LogP contribution in [0.25, 0.3) is 0 Å². The molecule has 5 heteroatoms. The second-order valence-corrected chi connectivity index (χ2v) is 5.13. The summed E-state index contributed by atoms with van der Waals surface area (Å²) in [5.41, 5.74) is 7.20. The summed E-state index contributed by atoms with van der Waals surface area (Å²) in [5, 5.41) is 3.46. The summed E-state index contributed by atoms with van der Waals surface area (Å²) in [5.74, 6) is 0.605. The third-order valence-electron chi connectivity index (χ3n) is 3.28. The van der Waals surface area contributed by atoms with E-state index < -0.39 is 0 Å². The molecule has 18 heavy (non-hydrogen) atoms. The molecule has 0 unspecified atom stereocenters. The summed E-state index contributed by atoms with van der Waals surface area (Å²) in [6.45, 7) is 1.89. The quantitative estimate of drug-likeness (QED) is 0.884. The number of amides is 1. The average Bonchev–Trinajstić information content (AvgIpc) is 2.29. The Bertz CT molecular complexity index is 470. The van der Waals surface area contributed by atoms with Gasteiger partial charge in [0.1, 0.15) is 5.75 Å². The molecule has 0 spiro atoms. The number of aryl methyl sites for hydroxylation is 1. The van der Waals surface area contributed by atoms with E-state index in [0.717, 1.165) is 18.4 Å². The molecule has 1 aromatic rings. The van der Waals surface area contributed by atoms with E-state index in [1.165, 1.54) is 0 Å². The second kappa shape index (κ2) is 5.16. The van der Waals surface area contributed by atoms with Gasteiger partial charge < -0.3 is 15.8 Å². The van der Waals surface area contributed by atoms with Crippen molar-refractivity contribution in [2.45, 2.75) is 25.8 Å². The van der Waals surface area contributed by atoms with Crippen LogP contribution in [0.5, 0.6) is 5.75 Å². The van der Waals surface area contributed by atoms with Gasteiger partial charge in [-0.05, 0) is 37.5 Å². The van der Waals surface area contributed by atoms with E-state index in [9.17, 15) is 4.79 Å². The van der Waals surface area contributed by atoms with Gasteiger partial charge in [0, 0.05) is 17.0 Å². The molecule has 1 aliphatic carbocycles. The number of rotatable bonds is 3. The summed E-state index contributed by atoms with van der Waals surface area (Å²) in [6, 6.07) is 3.68. The number of nitrogens with two attached hydrogens (primary N) is 1. The minimum absolute atomic E-state index is 0.00443. The Morgan fingerprint density at radius 3 is 2.72 bits per heavy atom. The Labute approximate surface area is 111 Å². The lowest BCUT2D eigenvalue weighted by molar-refractivity contribution is -0.122. The van der Waals surface area contributed by atoms with Crippen LogP contribution in [-0.4, -0.2) is 19.1 Å². The summed E-state index contributed by atoms with van der Waals surface area (Å²) in [6.07, 6.45) is 1.49. The number of carbonyl (C=O) groups is 1. The normalized spacial score (nSPS) is 22.2. The van der Waals surface area contributed by atoms with Gasteiger partial charge in [-0.1, -0.05) is 11.6 Å².